The lowest BCUT2D eigenvalue weighted by atomic mass is 10.1. The second-order valence-electron chi connectivity index (χ2n) is 8.38. The van der Waals surface area contributed by atoms with Gasteiger partial charge >= 0.3 is 12.1 Å². The van der Waals surface area contributed by atoms with Crippen LogP contribution in [0.1, 0.15) is 35.9 Å². The number of carboxylic acids is 1. The number of nitrogens with one attached hydrogen (secondary N) is 2. The van der Waals surface area contributed by atoms with Crippen molar-refractivity contribution in [2.75, 3.05) is 11.9 Å². The monoisotopic (exact) mass is 461 g/mol. The number of rotatable bonds is 3. The number of anilines is 1. The zero-order chi connectivity index (χ0) is 24.0. The third-order valence-corrected chi connectivity index (χ3v) is 5.61. The molecule has 0 atom stereocenters. The van der Waals surface area contributed by atoms with Gasteiger partial charge in [-0.25, -0.2) is 14.8 Å². The summed E-state index contributed by atoms with van der Waals surface area (Å²) in [6.07, 6.45) is -0.718. The second-order valence-corrected chi connectivity index (χ2v) is 8.38. The Hall–Kier alpha value is -3.63. The maximum absolute atomic E-state index is 12.1. The molecule has 1 amide bonds. The van der Waals surface area contributed by atoms with Crippen LogP contribution < -0.4 is 10.6 Å². The Morgan fingerprint density at radius 2 is 1.97 bits per heavy atom. The first-order valence-corrected chi connectivity index (χ1v) is 10.3. The molecular formula is C22H22F3N5O3. The number of alkyl halides is 3. The molecule has 1 saturated carbocycles. The first-order chi connectivity index (χ1) is 15.5. The van der Waals surface area contributed by atoms with Crippen LogP contribution in [0, 0.1) is 6.92 Å². The predicted octanol–water partition coefficient (Wildman–Crippen LogP) is 3.75. The number of carbonyl (C=O) groups is 2. The minimum Gasteiger partial charge on any atom is -0.475 e. The molecule has 3 N–H and O–H groups in total. The van der Waals surface area contributed by atoms with Crippen molar-refractivity contribution >= 4 is 28.7 Å². The fourth-order valence-electron chi connectivity index (χ4n) is 3.53. The number of aromatic nitrogens is 3. The van der Waals surface area contributed by atoms with Crippen LogP contribution in [0.3, 0.4) is 0 Å². The number of benzene rings is 1. The van der Waals surface area contributed by atoms with Crippen LogP contribution in [0.4, 0.5) is 19.0 Å². The van der Waals surface area contributed by atoms with Gasteiger partial charge in [-0.3, -0.25) is 4.79 Å². The molecule has 174 valence electrons. The van der Waals surface area contributed by atoms with Gasteiger partial charge in [0.2, 0.25) is 0 Å². The number of nitrogens with zero attached hydrogens (tertiary/aromatic N) is 3. The van der Waals surface area contributed by atoms with Crippen LogP contribution in [0.15, 0.2) is 30.5 Å². The summed E-state index contributed by atoms with van der Waals surface area (Å²) in [5.74, 6) is -1.92. The van der Waals surface area contributed by atoms with E-state index in [1.54, 1.807) is 0 Å². The van der Waals surface area contributed by atoms with E-state index < -0.39 is 12.1 Å². The third kappa shape index (κ3) is 4.76. The number of halogens is 3. The number of carboxylic acid groups (broad SMARTS) is 1. The molecule has 3 aromatic rings. The molecule has 8 nitrogen and oxygen atoms in total. The summed E-state index contributed by atoms with van der Waals surface area (Å²) in [6, 6.07) is 7.98. The molecule has 1 aliphatic carbocycles. The molecule has 1 aromatic carbocycles. The highest BCUT2D eigenvalue weighted by atomic mass is 19.4. The first-order valence-electron chi connectivity index (χ1n) is 10.3. The molecule has 5 rings (SSSR count). The lowest BCUT2D eigenvalue weighted by molar-refractivity contribution is -0.192. The number of amides is 1. The SMILES string of the molecule is Cc1nc2cccc(-c3cc4n(c3)CCNC4=O)c2nc1NC1(C)CC1.O=C(O)C(F)(F)F. The Bertz CT molecular complexity index is 1250. The fourth-order valence-corrected chi connectivity index (χ4v) is 3.53. The number of para-hydroxylation sites is 1. The maximum Gasteiger partial charge on any atom is 0.490 e. The number of fused-ring (bicyclic) bond motifs is 2. The highest BCUT2D eigenvalue weighted by Crippen LogP contribution is 2.39. The Labute approximate surface area is 186 Å². The molecule has 0 saturated heterocycles. The highest BCUT2D eigenvalue weighted by molar-refractivity contribution is 5.98. The van der Waals surface area contributed by atoms with E-state index >= 15 is 0 Å². The normalized spacial score (nSPS) is 16.3. The van der Waals surface area contributed by atoms with Crippen molar-refractivity contribution in [3.05, 3.63) is 41.9 Å². The van der Waals surface area contributed by atoms with Crippen LogP contribution in [0.5, 0.6) is 0 Å². The summed E-state index contributed by atoms with van der Waals surface area (Å²) in [5.41, 5.74) is 5.52. The van der Waals surface area contributed by atoms with Gasteiger partial charge in [0.1, 0.15) is 11.5 Å². The van der Waals surface area contributed by atoms with Gasteiger partial charge < -0.3 is 20.3 Å². The van der Waals surface area contributed by atoms with Crippen molar-refractivity contribution in [2.45, 2.75) is 44.9 Å². The Kier molecular flexibility index (Phi) is 5.51. The zero-order valence-electron chi connectivity index (χ0n) is 18.0. The molecule has 1 fully saturated rings. The van der Waals surface area contributed by atoms with Crippen molar-refractivity contribution < 1.29 is 27.9 Å². The standard InChI is InChI=1S/C20H21N5O.C2HF3O2/c1-12-18(24-20(2)6-7-20)23-17-14(4-3-5-15(17)22-12)13-10-16-19(26)21-8-9-25(16)11-13;3-2(4,5)1(6)7/h3-5,10-11H,6-9H2,1-2H3,(H,21,26)(H,23,24);(H,6,7). The minimum atomic E-state index is -5.08. The minimum absolute atomic E-state index is 0.0197. The maximum atomic E-state index is 12.1. The fraction of sp³-hybridized carbons (Fsp3) is 0.364. The summed E-state index contributed by atoms with van der Waals surface area (Å²) < 4.78 is 33.7. The molecule has 0 unspecified atom stereocenters. The molecule has 0 bridgehead atoms. The van der Waals surface area contributed by atoms with E-state index in [-0.39, 0.29) is 11.4 Å². The van der Waals surface area contributed by atoms with Crippen LogP contribution in [0.2, 0.25) is 0 Å². The van der Waals surface area contributed by atoms with Crippen LogP contribution >= 0.6 is 0 Å². The van der Waals surface area contributed by atoms with E-state index in [1.807, 2.05) is 42.0 Å². The number of carbonyl (C=O) groups excluding carboxylic acids is 1. The third-order valence-electron chi connectivity index (χ3n) is 5.61. The van der Waals surface area contributed by atoms with Crippen molar-refractivity contribution in [1.82, 2.24) is 19.9 Å². The van der Waals surface area contributed by atoms with Crippen molar-refractivity contribution in [3.8, 4) is 11.1 Å². The van der Waals surface area contributed by atoms with Crippen LogP contribution in [0.25, 0.3) is 22.2 Å². The summed E-state index contributed by atoms with van der Waals surface area (Å²) in [6.45, 7) is 5.67. The summed E-state index contributed by atoms with van der Waals surface area (Å²) >= 11 is 0. The number of aliphatic carboxylic acids is 1. The lowest BCUT2D eigenvalue weighted by Crippen LogP contribution is -2.34. The quantitative estimate of drug-likeness (QED) is 0.548. The molecule has 0 radical (unpaired) electrons. The number of hydrogen-bond donors (Lipinski definition) is 3. The molecule has 0 spiro atoms. The molecule has 2 aliphatic rings. The first kappa shape index (κ1) is 22.6. The highest BCUT2D eigenvalue weighted by Gasteiger charge is 2.38. The van der Waals surface area contributed by atoms with E-state index in [0.29, 0.717) is 12.2 Å². The van der Waals surface area contributed by atoms with E-state index in [0.717, 1.165) is 53.1 Å². The van der Waals surface area contributed by atoms with E-state index in [1.165, 1.54) is 0 Å². The van der Waals surface area contributed by atoms with Gasteiger partial charge in [0.25, 0.3) is 5.91 Å². The molecule has 3 heterocycles. The van der Waals surface area contributed by atoms with E-state index in [2.05, 4.69) is 17.6 Å². The van der Waals surface area contributed by atoms with Gasteiger partial charge in [-0.05, 0) is 38.8 Å². The van der Waals surface area contributed by atoms with Crippen LogP contribution in [-0.4, -0.2) is 49.8 Å². The molecule has 1 aliphatic heterocycles. The summed E-state index contributed by atoms with van der Waals surface area (Å²) in [5, 5.41) is 13.6. The molecule has 2 aromatic heterocycles. The number of aryl methyl sites for hydroxylation is 1. The molecule has 33 heavy (non-hydrogen) atoms. The summed E-state index contributed by atoms with van der Waals surface area (Å²) in [4.78, 5) is 30.7. The van der Waals surface area contributed by atoms with Gasteiger partial charge in [-0.1, -0.05) is 12.1 Å². The Morgan fingerprint density at radius 3 is 2.58 bits per heavy atom. The van der Waals surface area contributed by atoms with Crippen molar-refractivity contribution in [3.63, 3.8) is 0 Å². The Balaban J connectivity index is 0.000000325. The van der Waals surface area contributed by atoms with Crippen molar-refractivity contribution in [1.29, 1.82) is 0 Å². The van der Waals surface area contributed by atoms with Gasteiger partial charge in [0.15, 0.2) is 0 Å². The van der Waals surface area contributed by atoms with Crippen LogP contribution in [-0.2, 0) is 11.3 Å². The van der Waals surface area contributed by atoms with E-state index in [9.17, 15) is 18.0 Å². The lowest BCUT2D eigenvalue weighted by Gasteiger charge is -2.15. The van der Waals surface area contributed by atoms with Gasteiger partial charge in [0, 0.05) is 36.0 Å². The Morgan fingerprint density at radius 1 is 1.27 bits per heavy atom. The second kappa shape index (κ2) is 8.05. The van der Waals surface area contributed by atoms with Gasteiger partial charge in [-0.15, -0.1) is 0 Å². The largest absolute Gasteiger partial charge is 0.490 e. The molecule has 11 heteroatoms. The zero-order valence-corrected chi connectivity index (χ0v) is 18.0. The van der Waals surface area contributed by atoms with Crippen molar-refractivity contribution in [2.24, 2.45) is 0 Å². The topological polar surface area (TPSA) is 109 Å². The van der Waals surface area contributed by atoms with Gasteiger partial charge in [0.05, 0.1) is 16.7 Å². The smallest absolute Gasteiger partial charge is 0.475 e. The molecular weight excluding hydrogens is 439 g/mol. The predicted molar refractivity (Wildman–Crippen MR) is 115 cm³/mol. The number of hydrogen-bond acceptors (Lipinski definition) is 5. The van der Waals surface area contributed by atoms with Gasteiger partial charge in [-0.2, -0.15) is 13.2 Å². The average molecular weight is 461 g/mol. The summed E-state index contributed by atoms with van der Waals surface area (Å²) in [7, 11) is 0. The van der Waals surface area contributed by atoms with E-state index in [4.69, 9.17) is 19.9 Å². The average Bonchev–Trinajstić information content (AvgIpc) is 3.29.